The highest BCUT2D eigenvalue weighted by molar-refractivity contribution is 5.67. The van der Waals surface area contributed by atoms with Gasteiger partial charge >= 0.3 is 0 Å². The zero-order valence-corrected chi connectivity index (χ0v) is 15.1. The number of unbranched alkanes of at least 4 members (excludes halogenated alkanes) is 5. The number of hydrogen-bond donors (Lipinski definition) is 2. The average Bonchev–Trinajstić information content (AvgIpc) is 3.08. The molecule has 0 saturated carbocycles. The lowest BCUT2D eigenvalue weighted by molar-refractivity contribution is 0.305. The van der Waals surface area contributed by atoms with Crippen LogP contribution in [-0.4, -0.2) is 23.3 Å². The standard InChI is InChI=1S/C20H31N3O/c1-3-5-6-7-8-11-14-24-20-13-10-9-12-18(20)19-15-17(22-23-19)16-21-4-2/h9-10,12-13,15,21H,3-8,11,14,16H2,1-2H3,(H,22,23). The van der Waals surface area contributed by atoms with Crippen LogP contribution in [0, 0.1) is 0 Å². The summed E-state index contributed by atoms with van der Waals surface area (Å²) < 4.78 is 6.02. The van der Waals surface area contributed by atoms with Gasteiger partial charge in [-0.05, 0) is 31.2 Å². The Kier molecular flexibility index (Phi) is 8.39. The lowest BCUT2D eigenvalue weighted by atomic mass is 10.1. The maximum atomic E-state index is 6.02. The van der Waals surface area contributed by atoms with Crippen LogP contribution >= 0.6 is 0 Å². The highest BCUT2D eigenvalue weighted by Gasteiger charge is 2.09. The lowest BCUT2D eigenvalue weighted by Gasteiger charge is -2.10. The molecule has 0 fully saturated rings. The second-order valence-corrected chi connectivity index (χ2v) is 6.17. The van der Waals surface area contributed by atoms with Crippen LogP contribution in [-0.2, 0) is 6.54 Å². The van der Waals surface area contributed by atoms with Crippen molar-refractivity contribution < 1.29 is 4.74 Å². The van der Waals surface area contributed by atoms with E-state index in [4.69, 9.17) is 4.74 Å². The van der Waals surface area contributed by atoms with E-state index in [1.165, 1.54) is 32.1 Å². The summed E-state index contributed by atoms with van der Waals surface area (Å²) in [5.41, 5.74) is 3.10. The summed E-state index contributed by atoms with van der Waals surface area (Å²) in [6, 6.07) is 10.3. The summed E-state index contributed by atoms with van der Waals surface area (Å²) in [5.74, 6) is 0.924. The number of ether oxygens (including phenoxy) is 1. The van der Waals surface area contributed by atoms with Crippen LogP contribution in [0.3, 0.4) is 0 Å². The molecular formula is C20H31N3O. The first-order valence-corrected chi connectivity index (χ1v) is 9.32. The van der Waals surface area contributed by atoms with E-state index in [1.54, 1.807) is 0 Å². The van der Waals surface area contributed by atoms with E-state index in [0.29, 0.717) is 0 Å². The number of benzene rings is 1. The summed E-state index contributed by atoms with van der Waals surface area (Å²) in [6.45, 7) is 6.88. The van der Waals surface area contributed by atoms with Crippen LogP contribution in [0.1, 0.15) is 58.1 Å². The molecule has 4 nitrogen and oxygen atoms in total. The van der Waals surface area contributed by atoms with Crippen LogP contribution in [0.25, 0.3) is 11.3 Å². The number of nitrogens with one attached hydrogen (secondary N) is 2. The molecule has 0 atom stereocenters. The molecule has 2 rings (SSSR count). The lowest BCUT2D eigenvalue weighted by Crippen LogP contribution is -2.11. The van der Waals surface area contributed by atoms with Gasteiger partial charge in [-0.3, -0.25) is 5.10 Å². The Morgan fingerprint density at radius 3 is 2.67 bits per heavy atom. The highest BCUT2D eigenvalue weighted by atomic mass is 16.5. The first kappa shape index (κ1) is 18.5. The molecule has 0 saturated heterocycles. The van der Waals surface area contributed by atoms with Gasteiger partial charge in [0.1, 0.15) is 5.75 Å². The van der Waals surface area contributed by atoms with Crippen molar-refractivity contribution in [2.45, 2.75) is 58.9 Å². The van der Waals surface area contributed by atoms with Crippen LogP contribution < -0.4 is 10.1 Å². The maximum absolute atomic E-state index is 6.02. The summed E-state index contributed by atoms with van der Waals surface area (Å²) >= 11 is 0. The molecule has 132 valence electrons. The molecule has 2 N–H and O–H groups in total. The quantitative estimate of drug-likeness (QED) is 0.543. The third-order valence-electron chi connectivity index (χ3n) is 4.11. The average molecular weight is 329 g/mol. The number of hydrogen-bond acceptors (Lipinski definition) is 3. The van der Waals surface area contributed by atoms with Crippen molar-refractivity contribution in [2.75, 3.05) is 13.2 Å². The Morgan fingerprint density at radius 2 is 1.83 bits per heavy atom. The van der Waals surface area contributed by atoms with Crippen molar-refractivity contribution in [1.29, 1.82) is 0 Å². The zero-order valence-electron chi connectivity index (χ0n) is 15.1. The monoisotopic (exact) mass is 329 g/mol. The topological polar surface area (TPSA) is 49.9 Å². The number of H-pyrrole nitrogens is 1. The first-order valence-electron chi connectivity index (χ1n) is 9.32. The maximum Gasteiger partial charge on any atom is 0.128 e. The minimum Gasteiger partial charge on any atom is -0.493 e. The highest BCUT2D eigenvalue weighted by Crippen LogP contribution is 2.29. The van der Waals surface area contributed by atoms with Crippen molar-refractivity contribution in [2.24, 2.45) is 0 Å². The molecule has 1 heterocycles. The largest absolute Gasteiger partial charge is 0.493 e. The van der Waals surface area contributed by atoms with Crippen LogP contribution in [0.5, 0.6) is 5.75 Å². The third kappa shape index (κ3) is 6.00. The van der Waals surface area contributed by atoms with Gasteiger partial charge in [0.15, 0.2) is 0 Å². The van der Waals surface area contributed by atoms with Gasteiger partial charge in [0.2, 0.25) is 0 Å². The summed E-state index contributed by atoms with van der Waals surface area (Å²) in [7, 11) is 0. The zero-order chi connectivity index (χ0) is 17.0. The molecule has 0 amide bonds. The Hall–Kier alpha value is -1.81. The number of rotatable bonds is 12. The van der Waals surface area contributed by atoms with Crippen molar-refractivity contribution in [3.8, 4) is 17.0 Å². The van der Waals surface area contributed by atoms with Crippen LogP contribution in [0.4, 0.5) is 0 Å². The van der Waals surface area contributed by atoms with E-state index in [-0.39, 0.29) is 0 Å². The predicted octanol–water partition coefficient (Wildman–Crippen LogP) is 4.93. The number of para-hydroxylation sites is 1. The predicted molar refractivity (Wildman–Crippen MR) is 100 cm³/mol. The fourth-order valence-corrected chi connectivity index (χ4v) is 2.72. The Labute approximate surface area is 146 Å². The minimum absolute atomic E-state index is 0.776. The van der Waals surface area contributed by atoms with Crippen LogP contribution in [0.2, 0.25) is 0 Å². The van der Waals surface area contributed by atoms with Gasteiger partial charge in [-0.1, -0.05) is 58.1 Å². The van der Waals surface area contributed by atoms with Gasteiger partial charge in [-0.15, -0.1) is 0 Å². The van der Waals surface area contributed by atoms with E-state index >= 15 is 0 Å². The Balaban J connectivity index is 1.86. The molecule has 0 aliphatic heterocycles. The van der Waals surface area contributed by atoms with E-state index in [0.717, 1.165) is 48.8 Å². The summed E-state index contributed by atoms with van der Waals surface area (Å²) in [6.07, 6.45) is 7.66. The van der Waals surface area contributed by atoms with E-state index in [2.05, 4.69) is 41.5 Å². The number of aromatic amines is 1. The van der Waals surface area contributed by atoms with Gasteiger partial charge in [0.05, 0.1) is 12.3 Å². The molecule has 0 bridgehead atoms. The molecule has 0 spiro atoms. The van der Waals surface area contributed by atoms with Crippen molar-refractivity contribution >= 4 is 0 Å². The normalized spacial score (nSPS) is 10.9. The Bertz CT molecular complexity index is 580. The fraction of sp³-hybridized carbons (Fsp3) is 0.550. The van der Waals surface area contributed by atoms with Crippen LogP contribution in [0.15, 0.2) is 30.3 Å². The molecule has 1 aromatic heterocycles. The molecule has 4 heteroatoms. The SMILES string of the molecule is CCCCCCCCOc1ccccc1-c1cc(CNCC)[nH]n1. The molecule has 0 aliphatic carbocycles. The molecule has 24 heavy (non-hydrogen) atoms. The van der Waals surface area contributed by atoms with Gasteiger partial charge in [0, 0.05) is 17.8 Å². The summed E-state index contributed by atoms with van der Waals surface area (Å²) in [4.78, 5) is 0. The smallest absolute Gasteiger partial charge is 0.128 e. The number of nitrogens with zero attached hydrogens (tertiary/aromatic N) is 1. The Morgan fingerprint density at radius 1 is 1.04 bits per heavy atom. The van der Waals surface area contributed by atoms with E-state index in [1.807, 2.05) is 18.2 Å². The molecule has 1 aromatic carbocycles. The third-order valence-corrected chi connectivity index (χ3v) is 4.11. The second-order valence-electron chi connectivity index (χ2n) is 6.17. The fourth-order valence-electron chi connectivity index (χ4n) is 2.72. The first-order chi connectivity index (χ1) is 11.8. The molecular weight excluding hydrogens is 298 g/mol. The van der Waals surface area contributed by atoms with Gasteiger partial charge in [-0.25, -0.2) is 0 Å². The van der Waals surface area contributed by atoms with Gasteiger partial charge in [0.25, 0.3) is 0 Å². The van der Waals surface area contributed by atoms with E-state index in [9.17, 15) is 0 Å². The van der Waals surface area contributed by atoms with Crippen molar-refractivity contribution in [3.63, 3.8) is 0 Å². The summed E-state index contributed by atoms with van der Waals surface area (Å²) in [5, 5.41) is 10.8. The van der Waals surface area contributed by atoms with E-state index < -0.39 is 0 Å². The minimum atomic E-state index is 0.776. The van der Waals surface area contributed by atoms with Gasteiger partial charge < -0.3 is 10.1 Å². The second kappa shape index (κ2) is 10.9. The molecule has 2 aromatic rings. The number of aromatic nitrogens is 2. The van der Waals surface area contributed by atoms with Crippen molar-refractivity contribution in [1.82, 2.24) is 15.5 Å². The van der Waals surface area contributed by atoms with Gasteiger partial charge in [-0.2, -0.15) is 5.10 Å². The molecule has 0 aliphatic rings. The van der Waals surface area contributed by atoms with Crippen molar-refractivity contribution in [3.05, 3.63) is 36.0 Å². The molecule has 0 unspecified atom stereocenters. The molecule has 0 radical (unpaired) electrons.